The van der Waals surface area contributed by atoms with E-state index in [2.05, 4.69) is 26.1 Å². The van der Waals surface area contributed by atoms with Crippen molar-refractivity contribution in [3.63, 3.8) is 0 Å². The molecule has 1 aliphatic heterocycles. The Hall–Kier alpha value is -0.570. The van der Waals surface area contributed by atoms with Gasteiger partial charge in [-0.15, -0.1) is 0 Å². The molecule has 1 N–H and O–H groups in total. The first-order valence-electron chi connectivity index (χ1n) is 4.47. The van der Waals surface area contributed by atoms with Gasteiger partial charge < -0.3 is 10.2 Å². The molecule has 0 bridgehead atoms. The standard InChI is InChI=1S/C9H18N2O/c1-9(2,3)8-6-10-4-5-11(8)7-12/h7-8,10H,4-6H2,1-3H3. The first-order valence-corrected chi connectivity index (χ1v) is 4.47. The van der Waals surface area contributed by atoms with Crippen LogP contribution in [0.15, 0.2) is 0 Å². The van der Waals surface area contributed by atoms with Crippen molar-refractivity contribution in [2.45, 2.75) is 26.8 Å². The fraction of sp³-hybridized carbons (Fsp3) is 0.889. The Bertz CT molecular complexity index is 162. The Balaban J connectivity index is 2.65. The molecular formula is C9H18N2O. The minimum Gasteiger partial charge on any atom is -0.339 e. The van der Waals surface area contributed by atoms with E-state index in [4.69, 9.17) is 0 Å². The predicted octanol–water partition coefficient (Wildman–Crippen LogP) is 0.463. The van der Waals surface area contributed by atoms with E-state index < -0.39 is 0 Å². The van der Waals surface area contributed by atoms with Crippen molar-refractivity contribution in [1.29, 1.82) is 0 Å². The maximum atomic E-state index is 10.7. The SMILES string of the molecule is CC(C)(C)C1CNCCN1C=O. The normalized spacial score (nSPS) is 25.6. The van der Waals surface area contributed by atoms with Crippen LogP contribution in [-0.4, -0.2) is 37.0 Å². The molecule has 0 aromatic heterocycles. The Morgan fingerprint density at radius 1 is 1.50 bits per heavy atom. The molecule has 0 aromatic rings. The molecule has 3 heteroatoms. The second-order valence-electron chi connectivity index (χ2n) is 4.43. The van der Waals surface area contributed by atoms with Gasteiger partial charge in [0.15, 0.2) is 0 Å². The average molecular weight is 170 g/mol. The summed E-state index contributed by atoms with van der Waals surface area (Å²) in [5.41, 5.74) is 0.175. The number of amides is 1. The van der Waals surface area contributed by atoms with Crippen LogP contribution in [0.2, 0.25) is 0 Å². The van der Waals surface area contributed by atoms with Crippen molar-refractivity contribution < 1.29 is 4.79 Å². The average Bonchev–Trinajstić information content (AvgIpc) is 2.03. The number of rotatable bonds is 1. The van der Waals surface area contributed by atoms with Crippen molar-refractivity contribution in [3.8, 4) is 0 Å². The van der Waals surface area contributed by atoms with Crippen LogP contribution in [0.3, 0.4) is 0 Å². The van der Waals surface area contributed by atoms with E-state index in [9.17, 15) is 4.79 Å². The van der Waals surface area contributed by atoms with Gasteiger partial charge in [0.1, 0.15) is 0 Å². The summed E-state index contributed by atoms with van der Waals surface area (Å²) in [7, 11) is 0. The molecule has 3 nitrogen and oxygen atoms in total. The van der Waals surface area contributed by atoms with Crippen LogP contribution in [0.25, 0.3) is 0 Å². The van der Waals surface area contributed by atoms with Crippen molar-refractivity contribution in [1.82, 2.24) is 10.2 Å². The minimum absolute atomic E-state index is 0.175. The highest BCUT2D eigenvalue weighted by Gasteiger charge is 2.31. The van der Waals surface area contributed by atoms with Crippen molar-refractivity contribution in [2.24, 2.45) is 5.41 Å². The number of piperazine rings is 1. The van der Waals surface area contributed by atoms with Crippen molar-refractivity contribution >= 4 is 6.41 Å². The molecular weight excluding hydrogens is 152 g/mol. The monoisotopic (exact) mass is 170 g/mol. The van der Waals surface area contributed by atoms with Gasteiger partial charge in [-0.25, -0.2) is 0 Å². The first kappa shape index (κ1) is 9.52. The van der Waals surface area contributed by atoms with Gasteiger partial charge in [0.25, 0.3) is 0 Å². The van der Waals surface area contributed by atoms with Crippen LogP contribution >= 0.6 is 0 Å². The van der Waals surface area contributed by atoms with E-state index in [-0.39, 0.29) is 5.41 Å². The van der Waals surface area contributed by atoms with Crippen LogP contribution in [0.4, 0.5) is 0 Å². The van der Waals surface area contributed by atoms with E-state index in [1.165, 1.54) is 0 Å². The van der Waals surface area contributed by atoms with E-state index in [0.29, 0.717) is 6.04 Å². The summed E-state index contributed by atoms with van der Waals surface area (Å²) in [5, 5.41) is 3.31. The molecule has 1 aliphatic rings. The van der Waals surface area contributed by atoms with Gasteiger partial charge in [-0.2, -0.15) is 0 Å². The fourth-order valence-corrected chi connectivity index (χ4v) is 1.65. The smallest absolute Gasteiger partial charge is 0.210 e. The lowest BCUT2D eigenvalue weighted by atomic mass is 9.85. The molecule has 1 unspecified atom stereocenters. The van der Waals surface area contributed by atoms with Gasteiger partial charge in [-0.3, -0.25) is 4.79 Å². The highest BCUT2D eigenvalue weighted by atomic mass is 16.1. The minimum atomic E-state index is 0.175. The molecule has 0 aliphatic carbocycles. The van der Waals surface area contributed by atoms with Gasteiger partial charge in [-0.1, -0.05) is 20.8 Å². The third-order valence-corrected chi connectivity index (χ3v) is 2.42. The van der Waals surface area contributed by atoms with Crippen LogP contribution in [0.5, 0.6) is 0 Å². The highest BCUT2D eigenvalue weighted by molar-refractivity contribution is 5.48. The van der Waals surface area contributed by atoms with Gasteiger partial charge in [0.05, 0.1) is 0 Å². The van der Waals surface area contributed by atoms with Gasteiger partial charge in [0.2, 0.25) is 6.41 Å². The molecule has 1 saturated heterocycles. The lowest BCUT2D eigenvalue weighted by Crippen LogP contribution is -2.55. The molecule has 12 heavy (non-hydrogen) atoms. The molecule has 70 valence electrons. The number of carbonyl (C=O) groups is 1. The second-order valence-corrected chi connectivity index (χ2v) is 4.43. The Kier molecular flexibility index (Phi) is 2.73. The maximum absolute atomic E-state index is 10.7. The van der Waals surface area contributed by atoms with Crippen LogP contribution in [-0.2, 0) is 4.79 Å². The summed E-state index contributed by atoms with van der Waals surface area (Å²) < 4.78 is 0. The molecule has 0 saturated carbocycles. The summed E-state index contributed by atoms with van der Waals surface area (Å²) in [5.74, 6) is 0. The molecule has 0 aromatic carbocycles. The fourth-order valence-electron chi connectivity index (χ4n) is 1.65. The largest absolute Gasteiger partial charge is 0.339 e. The van der Waals surface area contributed by atoms with E-state index in [1.54, 1.807) is 0 Å². The molecule has 0 spiro atoms. The zero-order chi connectivity index (χ0) is 9.19. The number of hydrogen-bond donors (Lipinski definition) is 1. The van der Waals surface area contributed by atoms with E-state index in [0.717, 1.165) is 26.0 Å². The third kappa shape index (κ3) is 1.97. The van der Waals surface area contributed by atoms with Gasteiger partial charge >= 0.3 is 0 Å². The summed E-state index contributed by atoms with van der Waals surface area (Å²) in [6.45, 7) is 9.18. The van der Waals surface area contributed by atoms with E-state index in [1.807, 2.05) is 4.90 Å². The lowest BCUT2D eigenvalue weighted by molar-refractivity contribution is -0.123. The quantitative estimate of drug-likeness (QED) is 0.580. The number of hydrogen-bond acceptors (Lipinski definition) is 2. The van der Waals surface area contributed by atoms with Gasteiger partial charge in [0, 0.05) is 25.7 Å². The molecule has 1 amide bonds. The summed E-state index contributed by atoms with van der Waals surface area (Å²) in [6.07, 6.45) is 0.969. The van der Waals surface area contributed by atoms with Crippen LogP contribution < -0.4 is 5.32 Å². The topological polar surface area (TPSA) is 32.3 Å². The highest BCUT2D eigenvalue weighted by Crippen LogP contribution is 2.24. The molecule has 0 radical (unpaired) electrons. The lowest BCUT2D eigenvalue weighted by Gasteiger charge is -2.41. The zero-order valence-electron chi connectivity index (χ0n) is 8.13. The van der Waals surface area contributed by atoms with Crippen LogP contribution in [0, 0.1) is 5.41 Å². The molecule has 1 heterocycles. The van der Waals surface area contributed by atoms with Crippen molar-refractivity contribution in [3.05, 3.63) is 0 Å². The number of nitrogens with zero attached hydrogens (tertiary/aromatic N) is 1. The second kappa shape index (κ2) is 3.44. The Morgan fingerprint density at radius 2 is 2.17 bits per heavy atom. The van der Waals surface area contributed by atoms with Crippen LogP contribution in [0.1, 0.15) is 20.8 Å². The first-order chi connectivity index (χ1) is 5.55. The summed E-state index contributed by atoms with van der Waals surface area (Å²) >= 11 is 0. The zero-order valence-corrected chi connectivity index (χ0v) is 8.13. The van der Waals surface area contributed by atoms with E-state index >= 15 is 0 Å². The third-order valence-electron chi connectivity index (χ3n) is 2.42. The molecule has 1 rings (SSSR count). The summed E-state index contributed by atoms with van der Waals surface area (Å²) in [6, 6.07) is 0.337. The Labute approximate surface area is 74.1 Å². The number of carbonyl (C=O) groups excluding carboxylic acids is 1. The predicted molar refractivity (Wildman–Crippen MR) is 48.9 cm³/mol. The molecule has 1 fully saturated rings. The number of nitrogens with one attached hydrogen (secondary N) is 1. The molecule has 1 atom stereocenters. The van der Waals surface area contributed by atoms with Crippen molar-refractivity contribution in [2.75, 3.05) is 19.6 Å². The summed E-state index contributed by atoms with van der Waals surface area (Å²) in [4.78, 5) is 12.6. The maximum Gasteiger partial charge on any atom is 0.210 e. The van der Waals surface area contributed by atoms with Gasteiger partial charge in [-0.05, 0) is 5.41 Å². The Morgan fingerprint density at radius 3 is 2.58 bits per heavy atom.